The molecule has 5 rings (SSSR count). The summed E-state index contributed by atoms with van der Waals surface area (Å²) >= 11 is 7.88. The van der Waals surface area contributed by atoms with Gasteiger partial charge in [-0.1, -0.05) is 49.7 Å². The van der Waals surface area contributed by atoms with Crippen LogP contribution in [-0.4, -0.2) is 26.4 Å². The van der Waals surface area contributed by atoms with Gasteiger partial charge in [-0.15, -0.1) is 21.5 Å². The zero-order chi connectivity index (χ0) is 25.6. The van der Waals surface area contributed by atoms with E-state index in [-0.39, 0.29) is 12.3 Å². The van der Waals surface area contributed by atoms with Crippen LogP contribution in [0.4, 0.5) is 5.69 Å². The van der Waals surface area contributed by atoms with Gasteiger partial charge in [0.2, 0.25) is 5.91 Å². The van der Waals surface area contributed by atoms with Crippen LogP contribution < -0.4 is 5.32 Å². The molecular weight excluding hydrogens is 490 g/mol. The van der Waals surface area contributed by atoms with Crippen LogP contribution in [0.15, 0.2) is 53.5 Å². The predicted molar refractivity (Wildman–Crippen MR) is 147 cm³/mol. The maximum atomic E-state index is 13.2. The van der Waals surface area contributed by atoms with E-state index in [4.69, 9.17) is 16.6 Å². The maximum absolute atomic E-state index is 13.2. The smallest absolute Gasteiger partial charge is 0.227 e. The molecule has 4 aromatic rings. The molecule has 8 heteroatoms. The Labute approximate surface area is 220 Å². The zero-order valence-electron chi connectivity index (χ0n) is 21.0. The van der Waals surface area contributed by atoms with E-state index < -0.39 is 6.04 Å². The van der Waals surface area contributed by atoms with Crippen molar-refractivity contribution in [3.8, 4) is 5.00 Å². The Hall–Kier alpha value is -3.29. The average Bonchev–Trinajstić information content (AvgIpc) is 3.32. The second-order valence-corrected chi connectivity index (χ2v) is 11.1. The van der Waals surface area contributed by atoms with Crippen LogP contribution in [-0.2, 0) is 4.79 Å². The van der Waals surface area contributed by atoms with Gasteiger partial charge >= 0.3 is 0 Å². The molecule has 0 bridgehead atoms. The topological polar surface area (TPSA) is 72.2 Å². The van der Waals surface area contributed by atoms with Crippen molar-refractivity contribution in [1.29, 1.82) is 0 Å². The number of aromatic nitrogens is 3. The van der Waals surface area contributed by atoms with E-state index in [1.165, 1.54) is 10.4 Å². The van der Waals surface area contributed by atoms with Crippen LogP contribution in [0.5, 0.6) is 0 Å². The van der Waals surface area contributed by atoms with Crippen molar-refractivity contribution in [3.05, 3.63) is 92.3 Å². The Balaban J connectivity index is 1.56. The van der Waals surface area contributed by atoms with Crippen molar-refractivity contribution in [2.75, 3.05) is 5.32 Å². The number of nitrogens with zero attached hydrogens (tertiary/aromatic N) is 4. The highest BCUT2D eigenvalue weighted by atomic mass is 35.5. The molecule has 0 unspecified atom stereocenters. The number of fused-ring (bicyclic) bond motifs is 3. The number of nitrogens with one attached hydrogen (secondary N) is 1. The molecule has 2 aromatic heterocycles. The largest absolute Gasteiger partial charge is 0.326 e. The van der Waals surface area contributed by atoms with Gasteiger partial charge < -0.3 is 5.32 Å². The van der Waals surface area contributed by atoms with E-state index in [1.807, 2.05) is 55.5 Å². The number of anilines is 1. The molecule has 0 fully saturated rings. The zero-order valence-corrected chi connectivity index (χ0v) is 22.5. The van der Waals surface area contributed by atoms with Crippen LogP contribution in [0, 0.1) is 20.8 Å². The highest BCUT2D eigenvalue weighted by molar-refractivity contribution is 7.15. The van der Waals surface area contributed by atoms with Gasteiger partial charge in [-0.3, -0.25) is 14.4 Å². The Morgan fingerprint density at radius 3 is 2.42 bits per heavy atom. The first-order chi connectivity index (χ1) is 17.2. The fraction of sp³-hybridized carbons (Fsp3) is 0.286. The van der Waals surface area contributed by atoms with Crippen LogP contribution in [0.2, 0.25) is 5.02 Å². The third-order valence-corrected chi connectivity index (χ3v) is 8.04. The van der Waals surface area contributed by atoms with E-state index in [0.29, 0.717) is 16.8 Å². The van der Waals surface area contributed by atoms with Gasteiger partial charge in [0.25, 0.3) is 0 Å². The summed E-state index contributed by atoms with van der Waals surface area (Å²) in [6.07, 6.45) is 0.147. The van der Waals surface area contributed by atoms with E-state index in [2.05, 4.69) is 47.8 Å². The predicted octanol–water partition coefficient (Wildman–Crippen LogP) is 6.95. The second-order valence-electron chi connectivity index (χ2n) is 9.43. The summed E-state index contributed by atoms with van der Waals surface area (Å²) in [5, 5.41) is 13.6. The Morgan fingerprint density at radius 1 is 1.06 bits per heavy atom. The molecule has 1 atom stereocenters. The monoisotopic (exact) mass is 517 g/mol. The molecule has 0 spiro atoms. The SMILES string of the molecule is Cc1sc2c(c1C)C(c1ccc(Cl)cc1)=N[C@@H](CC(=O)Nc1ccc(C(C)C)cc1)c1nnc(C)n1-2. The molecule has 1 aliphatic rings. The van der Waals surface area contributed by atoms with Gasteiger partial charge in [0.15, 0.2) is 5.82 Å². The lowest BCUT2D eigenvalue weighted by atomic mass is 9.99. The Bertz CT molecular complexity index is 1470. The molecule has 1 N–H and O–H groups in total. The molecule has 0 saturated heterocycles. The number of aliphatic imine (C=N–C) groups is 1. The summed E-state index contributed by atoms with van der Waals surface area (Å²) in [5.74, 6) is 1.75. The number of halogens is 1. The minimum absolute atomic E-state index is 0.123. The summed E-state index contributed by atoms with van der Waals surface area (Å²) in [6, 6.07) is 15.2. The van der Waals surface area contributed by atoms with Crippen LogP contribution in [0.25, 0.3) is 5.00 Å². The Kier molecular flexibility index (Phi) is 6.53. The minimum Gasteiger partial charge on any atom is -0.326 e. The molecule has 36 heavy (non-hydrogen) atoms. The van der Waals surface area contributed by atoms with Crippen LogP contribution in [0.3, 0.4) is 0 Å². The molecule has 0 radical (unpaired) electrons. The molecule has 0 aliphatic carbocycles. The van der Waals surface area contributed by atoms with E-state index in [1.54, 1.807) is 11.3 Å². The normalized spacial score (nSPS) is 14.8. The number of amides is 1. The van der Waals surface area contributed by atoms with Crippen molar-refractivity contribution >= 4 is 40.2 Å². The lowest BCUT2D eigenvalue weighted by Gasteiger charge is -2.13. The highest BCUT2D eigenvalue weighted by Crippen LogP contribution is 2.39. The summed E-state index contributed by atoms with van der Waals surface area (Å²) < 4.78 is 2.06. The van der Waals surface area contributed by atoms with Gasteiger partial charge in [-0.05, 0) is 62.1 Å². The molecule has 6 nitrogen and oxygen atoms in total. The second kappa shape index (κ2) is 9.64. The van der Waals surface area contributed by atoms with Gasteiger partial charge in [0, 0.05) is 26.7 Å². The van der Waals surface area contributed by atoms with E-state index in [0.717, 1.165) is 38.9 Å². The summed E-state index contributed by atoms with van der Waals surface area (Å²) in [7, 11) is 0. The number of thiophene rings is 1. The number of hydrogen-bond acceptors (Lipinski definition) is 5. The lowest BCUT2D eigenvalue weighted by Crippen LogP contribution is -2.17. The Morgan fingerprint density at radius 2 is 1.75 bits per heavy atom. The first-order valence-electron chi connectivity index (χ1n) is 12.0. The number of rotatable bonds is 5. The molecular formula is C28H28ClN5OS. The third kappa shape index (κ3) is 4.49. The highest BCUT2D eigenvalue weighted by Gasteiger charge is 2.32. The average molecular weight is 518 g/mol. The summed E-state index contributed by atoms with van der Waals surface area (Å²) in [6.45, 7) is 10.5. The van der Waals surface area contributed by atoms with Gasteiger partial charge in [-0.2, -0.15) is 0 Å². The van der Waals surface area contributed by atoms with Gasteiger partial charge in [0.05, 0.1) is 12.1 Å². The minimum atomic E-state index is -0.494. The third-order valence-electron chi connectivity index (χ3n) is 6.60. The standard InChI is InChI=1S/C28H28ClN5OS/c1-15(2)19-8-12-22(13-9-19)30-24(35)14-23-27-33-32-18(5)34(27)28-25(16(3)17(4)36-28)26(31-23)20-6-10-21(29)11-7-20/h6-13,15,23H,14H2,1-5H3,(H,30,35)/t23-/m0/s1. The van der Waals surface area contributed by atoms with E-state index in [9.17, 15) is 4.79 Å². The molecule has 3 heterocycles. The maximum Gasteiger partial charge on any atom is 0.227 e. The van der Waals surface area contributed by atoms with Crippen molar-refractivity contribution in [3.63, 3.8) is 0 Å². The molecule has 0 saturated carbocycles. The molecule has 1 aliphatic heterocycles. The summed E-state index contributed by atoms with van der Waals surface area (Å²) in [5.41, 5.74) is 6.01. The first kappa shape index (κ1) is 24.4. The number of benzene rings is 2. The summed E-state index contributed by atoms with van der Waals surface area (Å²) in [4.78, 5) is 19.6. The fourth-order valence-corrected chi connectivity index (χ4v) is 5.81. The van der Waals surface area contributed by atoms with Crippen molar-refractivity contribution in [2.24, 2.45) is 4.99 Å². The van der Waals surface area contributed by atoms with Crippen LogP contribution in [0.1, 0.15) is 71.0 Å². The quantitative estimate of drug-likeness (QED) is 0.311. The van der Waals surface area contributed by atoms with Gasteiger partial charge in [-0.25, -0.2) is 0 Å². The number of carbonyl (C=O) groups excluding carboxylic acids is 1. The molecule has 184 valence electrons. The lowest BCUT2D eigenvalue weighted by molar-refractivity contribution is -0.116. The van der Waals surface area contributed by atoms with Crippen molar-refractivity contribution in [2.45, 2.75) is 53.0 Å². The van der Waals surface area contributed by atoms with Crippen LogP contribution >= 0.6 is 22.9 Å². The fourth-order valence-electron chi connectivity index (χ4n) is 4.47. The number of carbonyl (C=O) groups is 1. The number of aryl methyl sites for hydroxylation is 2. The van der Waals surface area contributed by atoms with Crippen molar-refractivity contribution in [1.82, 2.24) is 14.8 Å². The van der Waals surface area contributed by atoms with Gasteiger partial charge in [0.1, 0.15) is 16.9 Å². The van der Waals surface area contributed by atoms with Crippen molar-refractivity contribution < 1.29 is 4.79 Å². The van der Waals surface area contributed by atoms with E-state index >= 15 is 0 Å². The first-order valence-corrected chi connectivity index (χ1v) is 13.2. The molecule has 1 amide bonds. The molecule has 2 aromatic carbocycles. The number of hydrogen-bond donors (Lipinski definition) is 1.